The van der Waals surface area contributed by atoms with Crippen LogP contribution in [0.25, 0.3) is 6.08 Å². The third kappa shape index (κ3) is 2.83. The average molecular weight is 199 g/mol. The van der Waals surface area contributed by atoms with Crippen molar-refractivity contribution in [3.05, 3.63) is 44.9 Å². The molecule has 0 aliphatic rings. The molecule has 68 valence electrons. The number of rotatable bonds is 2. The summed E-state index contributed by atoms with van der Waals surface area (Å²) in [5, 5.41) is 10.3. The molecule has 0 atom stereocenters. The molecule has 0 bridgehead atoms. The molecule has 0 radical (unpaired) electrons. The molecule has 0 fully saturated rings. The van der Waals surface area contributed by atoms with Crippen molar-refractivity contribution in [2.24, 2.45) is 0 Å². The van der Waals surface area contributed by atoms with Crippen LogP contribution in [0.4, 0.5) is 0 Å². The van der Waals surface area contributed by atoms with Crippen molar-refractivity contribution in [1.29, 1.82) is 0 Å². The normalized spacial score (nSPS) is 10.6. The smallest absolute Gasteiger partial charge is 0.235 e. The van der Waals surface area contributed by atoms with Gasteiger partial charge in [-0.3, -0.25) is 10.1 Å². The number of aryl methyl sites for hydroxylation is 1. The van der Waals surface area contributed by atoms with E-state index in [-0.39, 0.29) is 5.15 Å². The maximum absolute atomic E-state index is 10.0. The zero-order valence-corrected chi connectivity index (χ0v) is 7.65. The van der Waals surface area contributed by atoms with Gasteiger partial charge in [0, 0.05) is 17.3 Å². The molecule has 1 aromatic rings. The van der Waals surface area contributed by atoms with E-state index in [1.54, 1.807) is 19.1 Å². The van der Waals surface area contributed by atoms with E-state index >= 15 is 0 Å². The third-order valence-corrected chi connectivity index (χ3v) is 1.70. The van der Waals surface area contributed by atoms with Crippen LogP contribution in [0, 0.1) is 17.0 Å². The predicted molar refractivity (Wildman–Crippen MR) is 50.0 cm³/mol. The van der Waals surface area contributed by atoms with E-state index in [1.165, 1.54) is 6.08 Å². The number of nitrogens with zero attached hydrogens (tertiary/aromatic N) is 2. The topological polar surface area (TPSA) is 56.0 Å². The van der Waals surface area contributed by atoms with E-state index in [0.717, 1.165) is 11.9 Å². The van der Waals surface area contributed by atoms with Crippen molar-refractivity contribution in [3.8, 4) is 0 Å². The van der Waals surface area contributed by atoms with Gasteiger partial charge in [0.1, 0.15) is 5.15 Å². The van der Waals surface area contributed by atoms with Crippen LogP contribution in [0.3, 0.4) is 0 Å². The van der Waals surface area contributed by atoms with Crippen LogP contribution in [-0.4, -0.2) is 9.91 Å². The summed E-state index contributed by atoms with van der Waals surface area (Å²) in [6.45, 7) is 1.80. The average Bonchev–Trinajstić information content (AvgIpc) is 2.02. The molecule has 4 nitrogen and oxygen atoms in total. The fraction of sp³-hybridized carbons (Fsp3) is 0.125. The van der Waals surface area contributed by atoms with E-state index in [0.29, 0.717) is 5.56 Å². The van der Waals surface area contributed by atoms with Gasteiger partial charge in [0.05, 0.1) is 4.92 Å². The first-order valence-electron chi connectivity index (χ1n) is 3.54. The monoisotopic (exact) mass is 198 g/mol. The number of hydrogen-bond donors (Lipinski definition) is 0. The molecule has 0 amide bonds. The molecule has 0 N–H and O–H groups in total. The Balaban J connectivity index is 2.96. The maximum atomic E-state index is 10.0. The van der Waals surface area contributed by atoms with Crippen molar-refractivity contribution < 1.29 is 4.92 Å². The number of pyridine rings is 1. The van der Waals surface area contributed by atoms with Gasteiger partial charge >= 0.3 is 0 Å². The molecule has 0 unspecified atom stereocenters. The van der Waals surface area contributed by atoms with Gasteiger partial charge in [0.25, 0.3) is 0 Å². The molecule has 1 heterocycles. The Labute approximate surface area is 80.0 Å². The zero-order chi connectivity index (χ0) is 9.84. The largest absolute Gasteiger partial charge is 0.259 e. The molecule has 1 rings (SSSR count). The second-order valence-electron chi connectivity index (χ2n) is 2.43. The van der Waals surface area contributed by atoms with E-state index in [2.05, 4.69) is 4.98 Å². The van der Waals surface area contributed by atoms with Crippen LogP contribution in [0.5, 0.6) is 0 Å². The van der Waals surface area contributed by atoms with Crippen molar-refractivity contribution in [1.82, 2.24) is 4.98 Å². The van der Waals surface area contributed by atoms with Gasteiger partial charge < -0.3 is 0 Å². The Morgan fingerprint density at radius 1 is 1.62 bits per heavy atom. The highest BCUT2D eigenvalue weighted by Gasteiger charge is 1.99. The standard InChI is InChI=1S/C8H7ClN2O2/c1-6-2-3-7(8(9)10-6)4-5-11(12)13/h2-5H,1H3/b5-4+. The first kappa shape index (κ1) is 9.67. The molecule has 1 aromatic heterocycles. The number of halogens is 1. The van der Waals surface area contributed by atoms with Crippen molar-refractivity contribution in [2.75, 3.05) is 0 Å². The highest BCUT2D eigenvalue weighted by atomic mass is 35.5. The number of hydrogen-bond acceptors (Lipinski definition) is 3. The fourth-order valence-corrected chi connectivity index (χ4v) is 1.06. The Morgan fingerprint density at radius 2 is 2.31 bits per heavy atom. The third-order valence-electron chi connectivity index (χ3n) is 1.39. The van der Waals surface area contributed by atoms with Crippen LogP contribution < -0.4 is 0 Å². The Bertz CT molecular complexity index is 363. The van der Waals surface area contributed by atoms with Crippen LogP contribution in [0.2, 0.25) is 5.15 Å². The van der Waals surface area contributed by atoms with Gasteiger partial charge in [-0.15, -0.1) is 0 Å². The molecule has 0 spiro atoms. The molecule has 0 aromatic carbocycles. The first-order valence-corrected chi connectivity index (χ1v) is 3.92. The van der Waals surface area contributed by atoms with Crippen LogP contribution in [-0.2, 0) is 0 Å². The van der Waals surface area contributed by atoms with Crippen molar-refractivity contribution in [3.63, 3.8) is 0 Å². The van der Waals surface area contributed by atoms with Crippen LogP contribution >= 0.6 is 11.6 Å². The summed E-state index contributed by atoms with van der Waals surface area (Å²) >= 11 is 5.73. The number of aromatic nitrogens is 1. The van der Waals surface area contributed by atoms with Gasteiger partial charge in [0.15, 0.2) is 0 Å². The second kappa shape index (κ2) is 4.00. The molecular weight excluding hydrogens is 192 g/mol. The van der Waals surface area contributed by atoms with Gasteiger partial charge in [0.2, 0.25) is 6.20 Å². The predicted octanol–water partition coefficient (Wildman–Crippen LogP) is 2.29. The Morgan fingerprint density at radius 3 is 2.85 bits per heavy atom. The molecule has 0 saturated carbocycles. The highest BCUT2D eigenvalue weighted by Crippen LogP contribution is 2.14. The van der Waals surface area contributed by atoms with Crippen molar-refractivity contribution in [2.45, 2.75) is 6.92 Å². The Hall–Kier alpha value is -1.42. The molecule has 0 aliphatic heterocycles. The zero-order valence-electron chi connectivity index (χ0n) is 6.90. The summed E-state index contributed by atoms with van der Waals surface area (Å²) in [4.78, 5) is 13.4. The number of nitro groups is 1. The van der Waals surface area contributed by atoms with Gasteiger partial charge in [-0.25, -0.2) is 4.98 Å². The molecule has 0 saturated heterocycles. The summed E-state index contributed by atoms with van der Waals surface area (Å²) in [5.74, 6) is 0. The molecule has 13 heavy (non-hydrogen) atoms. The summed E-state index contributed by atoms with van der Waals surface area (Å²) in [7, 11) is 0. The lowest BCUT2D eigenvalue weighted by Crippen LogP contribution is -1.86. The lowest BCUT2D eigenvalue weighted by molar-refractivity contribution is -0.400. The van der Waals surface area contributed by atoms with Crippen LogP contribution in [0.1, 0.15) is 11.3 Å². The first-order chi connectivity index (χ1) is 6.09. The SMILES string of the molecule is Cc1ccc(/C=C/[N+](=O)[O-])c(Cl)n1. The summed E-state index contributed by atoms with van der Waals surface area (Å²) < 4.78 is 0. The fourth-order valence-electron chi connectivity index (χ4n) is 0.801. The van der Waals surface area contributed by atoms with Gasteiger partial charge in [-0.1, -0.05) is 11.6 Å². The minimum Gasteiger partial charge on any atom is -0.259 e. The van der Waals surface area contributed by atoms with Gasteiger partial charge in [-0.05, 0) is 19.1 Å². The lowest BCUT2D eigenvalue weighted by atomic mass is 10.2. The molecule has 0 aliphatic carbocycles. The summed E-state index contributed by atoms with van der Waals surface area (Å²) in [5.41, 5.74) is 1.33. The van der Waals surface area contributed by atoms with E-state index in [4.69, 9.17) is 11.6 Å². The molecule has 5 heteroatoms. The summed E-state index contributed by atoms with van der Waals surface area (Å²) in [6.07, 6.45) is 2.15. The van der Waals surface area contributed by atoms with Gasteiger partial charge in [-0.2, -0.15) is 0 Å². The van der Waals surface area contributed by atoms with Crippen LogP contribution in [0.15, 0.2) is 18.3 Å². The van der Waals surface area contributed by atoms with E-state index in [9.17, 15) is 10.1 Å². The minimum absolute atomic E-state index is 0.276. The maximum Gasteiger partial charge on any atom is 0.235 e. The lowest BCUT2D eigenvalue weighted by Gasteiger charge is -1.96. The minimum atomic E-state index is -0.545. The quantitative estimate of drug-likeness (QED) is 0.416. The van der Waals surface area contributed by atoms with E-state index in [1.807, 2.05) is 0 Å². The Kier molecular flexibility index (Phi) is 2.97. The van der Waals surface area contributed by atoms with E-state index < -0.39 is 4.92 Å². The summed E-state index contributed by atoms with van der Waals surface area (Å²) in [6, 6.07) is 3.43. The molecular formula is C8H7ClN2O2. The van der Waals surface area contributed by atoms with Crippen molar-refractivity contribution >= 4 is 17.7 Å². The second-order valence-corrected chi connectivity index (χ2v) is 2.79. The highest BCUT2D eigenvalue weighted by molar-refractivity contribution is 6.30.